The molecule has 0 fully saturated rings. The molecule has 0 bridgehead atoms. The van der Waals surface area contributed by atoms with Crippen molar-refractivity contribution in [1.82, 2.24) is 5.32 Å². The first-order valence-corrected chi connectivity index (χ1v) is 15.6. The monoisotopic (exact) mass is 633 g/mol. The van der Waals surface area contributed by atoms with Crippen molar-refractivity contribution in [2.24, 2.45) is 5.41 Å². The van der Waals surface area contributed by atoms with Gasteiger partial charge in [-0.1, -0.05) is 85.8 Å². The second kappa shape index (κ2) is 13.5. The Bertz CT molecular complexity index is 1780. The highest BCUT2D eigenvalue weighted by Gasteiger charge is 2.53. The van der Waals surface area contributed by atoms with Gasteiger partial charge < -0.3 is 20.1 Å². The molecule has 9 heteroatoms. The Morgan fingerprint density at radius 1 is 0.787 bits per heavy atom. The summed E-state index contributed by atoms with van der Waals surface area (Å²) in [5.41, 5.74) is 2.43. The quantitative estimate of drug-likeness (QED) is 0.185. The summed E-state index contributed by atoms with van der Waals surface area (Å²) in [5, 5.41) is 12.8. The number of carboxylic acid groups (broad SMARTS) is 1. The highest BCUT2D eigenvalue weighted by atomic mass is 16.6. The van der Waals surface area contributed by atoms with E-state index >= 15 is 0 Å². The topological polar surface area (TPSA) is 116 Å². The molecule has 1 atom stereocenters. The maximum Gasteiger partial charge on any atom is 0.407 e. The van der Waals surface area contributed by atoms with Gasteiger partial charge in [0.15, 0.2) is 0 Å². The Morgan fingerprint density at radius 2 is 1.43 bits per heavy atom. The number of benzene rings is 4. The molecule has 0 spiro atoms. The summed E-state index contributed by atoms with van der Waals surface area (Å²) in [6, 6.07) is 31.9. The molecule has 1 aliphatic heterocycles. The number of hydrogen-bond acceptors (Lipinski definition) is 5. The number of carbonyl (C=O) groups is 4. The minimum atomic E-state index is -1.88. The molecule has 0 aromatic heterocycles. The van der Waals surface area contributed by atoms with Crippen molar-refractivity contribution in [3.05, 3.63) is 114 Å². The van der Waals surface area contributed by atoms with Gasteiger partial charge in [-0.05, 0) is 73.7 Å². The molecule has 0 radical (unpaired) electrons. The number of para-hydroxylation sites is 2. The average molecular weight is 634 g/mol. The number of amides is 3. The molecular weight excluding hydrogens is 594 g/mol. The molecule has 47 heavy (non-hydrogen) atoms. The van der Waals surface area contributed by atoms with Crippen LogP contribution in [0.2, 0.25) is 0 Å². The molecule has 2 N–H and O–H groups in total. The van der Waals surface area contributed by atoms with Crippen molar-refractivity contribution >= 4 is 40.9 Å². The summed E-state index contributed by atoms with van der Waals surface area (Å²) in [4.78, 5) is 56.8. The number of nitrogens with one attached hydrogen (secondary N) is 1. The SMILES string of the molecule is CCC1(CC(=O)O)C(=O)N(Cc2ccc(-c3ccccc3)cc2)c2ccccc2N(c2cccc(CNC(=O)OC(C)(C)C)c2)C1=O. The molecule has 0 aliphatic carbocycles. The van der Waals surface area contributed by atoms with Crippen LogP contribution in [0.1, 0.15) is 51.7 Å². The molecule has 5 rings (SSSR count). The molecular formula is C38H39N3O6. The van der Waals surface area contributed by atoms with Crippen LogP contribution in [0.15, 0.2) is 103 Å². The van der Waals surface area contributed by atoms with Crippen LogP contribution in [0.3, 0.4) is 0 Å². The minimum absolute atomic E-state index is 0.0230. The van der Waals surface area contributed by atoms with E-state index in [1.165, 1.54) is 9.80 Å². The van der Waals surface area contributed by atoms with Gasteiger partial charge in [0.05, 0.1) is 24.3 Å². The predicted molar refractivity (Wildman–Crippen MR) is 181 cm³/mol. The summed E-state index contributed by atoms with van der Waals surface area (Å²) in [6.07, 6.45) is -1.27. The Hall–Kier alpha value is -5.44. The lowest BCUT2D eigenvalue weighted by molar-refractivity contribution is -0.150. The zero-order valence-corrected chi connectivity index (χ0v) is 27.0. The number of hydrogen-bond donors (Lipinski definition) is 2. The molecule has 9 nitrogen and oxygen atoms in total. The Balaban J connectivity index is 1.56. The van der Waals surface area contributed by atoms with Crippen LogP contribution in [0.5, 0.6) is 0 Å². The molecule has 242 valence electrons. The number of ether oxygens (including phenoxy) is 1. The molecule has 4 aromatic carbocycles. The van der Waals surface area contributed by atoms with E-state index in [4.69, 9.17) is 4.74 Å². The Labute approximate surface area is 274 Å². The van der Waals surface area contributed by atoms with E-state index in [1.807, 2.05) is 54.6 Å². The van der Waals surface area contributed by atoms with Crippen molar-refractivity contribution in [1.29, 1.82) is 0 Å². The third-order valence-electron chi connectivity index (χ3n) is 8.14. The van der Waals surface area contributed by atoms with Gasteiger partial charge in [0, 0.05) is 12.2 Å². The van der Waals surface area contributed by atoms with Crippen LogP contribution >= 0.6 is 0 Å². The fourth-order valence-electron chi connectivity index (χ4n) is 5.82. The summed E-state index contributed by atoms with van der Waals surface area (Å²) in [5.74, 6) is -2.45. The number of aliphatic carboxylic acids is 1. The van der Waals surface area contributed by atoms with Crippen LogP contribution < -0.4 is 15.1 Å². The van der Waals surface area contributed by atoms with E-state index in [1.54, 1.807) is 76.2 Å². The van der Waals surface area contributed by atoms with Gasteiger partial charge in [-0.2, -0.15) is 0 Å². The minimum Gasteiger partial charge on any atom is -0.481 e. The molecule has 0 saturated heterocycles. The fraction of sp³-hybridized carbons (Fsp3) is 0.263. The zero-order valence-electron chi connectivity index (χ0n) is 27.0. The molecule has 1 heterocycles. The van der Waals surface area contributed by atoms with Gasteiger partial charge >= 0.3 is 12.1 Å². The van der Waals surface area contributed by atoms with Crippen molar-refractivity contribution in [3.63, 3.8) is 0 Å². The third kappa shape index (κ3) is 7.19. The van der Waals surface area contributed by atoms with E-state index in [0.717, 1.165) is 16.7 Å². The number of alkyl carbamates (subject to hydrolysis) is 1. The largest absolute Gasteiger partial charge is 0.481 e. The lowest BCUT2D eigenvalue weighted by Gasteiger charge is -2.33. The molecule has 0 saturated carbocycles. The number of carbonyl (C=O) groups excluding carboxylic acids is 3. The van der Waals surface area contributed by atoms with Crippen LogP contribution in [-0.2, 0) is 32.2 Å². The smallest absolute Gasteiger partial charge is 0.407 e. The van der Waals surface area contributed by atoms with Gasteiger partial charge in [-0.3, -0.25) is 19.3 Å². The summed E-state index contributed by atoms with van der Waals surface area (Å²) in [6.45, 7) is 7.25. The Morgan fingerprint density at radius 3 is 2.06 bits per heavy atom. The van der Waals surface area contributed by atoms with Crippen molar-refractivity contribution < 1.29 is 29.0 Å². The van der Waals surface area contributed by atoms with Crippen LogP contribution in [0, 0.1) is 5.41 Å². The van der Waals surface area contributed by atoms with Crippen molar-refractivity contribution in [2.45, 2.75) is 59.2 Å². The number of nitrogens with zero attached hydrogens (tertiary/aromatic N) is 2. The standard InChI is InChI=1S/C38H39N3O6/c1-5-38(23-33(42)43)34(44)40(25-26-18-20-29(21-19-26)28-13-7-6-8-14-28)31-16-9-10-17-32(31)41(35(38)45)30-15-11-12-27(22-30)24-39-36(46)47-37(2,3)4/h6-22H,5,23-25H2,1-4H3,(H,39,46)(H,42,43). The maximum atomic E-state index is 14.7. The van der Waals surface area contributed by atoms with Gasteiger partial charge in [-0.25, -0.2) is 4.79 Å². The first-order chi connectivity index (χ1) is 22.4. The normalized spacial score (nSPS) is 16.3. The molecule has 4 aromatic rings. The van der Waals surface area contributed by atoms with Gasteiger partial charge in [-0.15, -0.1) is 0 Å². The average Bonchev–Trinajstić information content (AvgIpc) is 3.11. The van der Waals surface area contributed by atoms with Gasteiger partial charge in [0.2, 0.25) is 11.8 Å². The van der Waals surface area contributed by atoms with E-state index < -0.39 is 41.3 Å². The van der Waals surface area contributed by atoms with Crippen molar-refractivity contribution in [3.8, 4) is 11.1 Å². The molecule has 3 amide bonds. The number of rotatable bonds is 9. The van der Waals surface area contributed by atoms with E-state index in [2.05, 4.69) is 5.32 Å². The highest BCUT2D eigenvalue weighted by molar-refractivity contribution is 6.23. The second-order valence-electron chi connectivity index (χ2n) is 12.6. The lowest BCUT2D eigenvalue weighted by atomic mass is 9.78. The van der Waals surface area contributed by atoms with Crippen molar-refractivity contribution in [2.75, 3.05) is 9.80 Å². The number of anilines is 3. The fourth-order valence-corrected chi connectivity index (χ4v) is 5.82. The van der Waals surface area contributed by atoms with Gasteiger partial charge in [0.25, 0.3) is 0 Å². The van der Waals surface area contributed by atoms with E-state index in [0.29, 0.717) is 22.6 Å². The predicted octanol–water partition coefficient (Wildman–Crippen LogP) is 7.46. The zero-order chi connectivity index (χ0) is 33.8. The third-order valence-corrected chi connectivity index (χ3v) is 8.14. The van der Waals surface area contributed by atoms with E-state index in [-0.39, 0.29) is 19.5 Å². The lowest BCUT2D eigenvalue weighted by Crippen LogP contribution is -2.51. The summed E-state index contributed by atoms with van der Waals surface area (Å²) < 4.78 is 5.35. The van der Waals surface area contributed by atoms with Crippen LogP contribution in [-0.4, -0.2) is 34.6 Å². The first-order valence-electron chi connectivity index (χ1n) is 15.6. The first kappa shape index (κ1) is 32.9. The molecule has 1 unspecified atom stereocenters. The summed E-state index contributed by atoms with van der Waals surface area (Å²) >= 11 is 0. The van der Waals surface area contributed by atoms with Crippen LogP contribution in [0.4, 0.5) is 21.9 Å². The highest BCUT2D eigenvalue weighted by Crippen LogP contribution is 2.46. The maximum absolute atomic E-state index is 14.7. The number of fused-ring (bicyclic) bond motifs is 1. The Kier molecular flexibility index (Phi) is 9.46. The van der Waals surface area contributed by atoms with Gasteiger partial charge in [0.1, 0.15) is 11.0 Å². The number of carboxylic acids is 1. The van der Waals surface area contributed by atoms with Crippen LogP contribution in [0.25, 0.3) is 11.1 Å². The molecule has 1 aliphatic rings. The second-order valence-corrected chi connectivity index (χ2v) is 12.6. The summed E-state index contributed by atoms with van der Waals surface area (Å²) in [7, 11) is 0. The van der Waals surface area contributed by atoms with E-state index in [9.17, 15) is 24.3 Å².